The molecule has 0 saturated carbocycles. The topological polar surface area (TPSA) is 70.1 Å². The molecule has 2 aromatic carbocycles. The summed E-state index contributed by atoms with van der Waals surface area (Å²) in [6, 6.07) is 11.4. The number of ether oxygens (including phenoxy) is 1. The van der Waals surface area contributed by atoms with Crippen LogP contribution in [0.5, 0.6) is 5.75 Å². The number of likely N-dealkylation sites (tertiary alicyclic amines) is 1. The second-order valence-corrected chi connectivity index (χ2v) is 7.08. The summed E-state index contributed by atoms with van der Waals surface area (Å²) in [6.45, 7) is 0.851. The number of likely N-dealkylation sites (N-methyl/N-ethyl adjacent to an activating group) is 1. The Hall–Kier alpha value is -3.19. The van der Waals surface area contributed by atoms with Gasteiger partial charge in [-0.05, 0) is 56.1 Å². The standard InChI is InChI=1S/C22H23FN2O4/c1-24(2)11-12-25-19(15-5-4-6-17(13-15)29-3)18(21(27)22(25)28)20(26)14-7-9-16(23)10-8-14/h4-10,13,19,26H,11-12H2,1-3H3/b20-18+. The van der Waals surface area contributed by atoms with Crippen LogP contribution in [0.3, 0.4) is 0 Å². The van der Waals surface area contributed by atoms with Crippen LogP contribution in [0.2, 0.25) is 0 Å². The van der Waals surface area contributed by atoms with Crippen LogP contribution < -0.4 is 4.74 Å². The van der Waals surface area contributed by atoms with E-state index in [1.54, 1.807) is 24.3 Å². The molecular formula is C22H23FN2O4. The summed E-state index contributed by atoms with van der Waals surface area (Å²) >= 11 is 0. The first-order valence-corrected chi connectivity index (χ1v) is 9.16. The first-order chi connectivity index (χ1) is 13.8. The summed E-state index contributed by atoms with van der Waals surface area (Å²) in [6.07, 6.45) is 0. The average Bonchev–Trinajstić information content (AvgIpc) is 2.97. The molecule has 1 aliphatic rings. The van der Waals surface area contributed by atoms with Crippen LogP contribution in [-0.2, 0) is 9.59 Å². The largest absolute Gasteiger partial charge is 0.507 e. The molecule has 0 aromatic heterocycles. The van der Waals surface area contributed by atoms with E-state index >= 15 is 0 Å². The van der Waals surface area contributed by atoms with Gasteiger partial charge in [-0.2, -0.15) is 0 Å². The van der Waals surface area contributed by atoms with Gasteiger partial charge in [-0.3, -0.25) is 9.59 Å². The van der Waals surface area contributed by atoms with Crippen molar-refractivity contribution in [3.05, 3.63) is 71.0 Å². The molecule has 2 aromatic rings. The van der Waals surface area contributed by atoms with E-state index in [9.17, 15) is 19.1 Å². The van der Waals surface area contributed by atoms with Gasteiger partial charge >= 0.3 is 0 Å². The summed E-state index contributed by atoms with van der Waals surface area (Å²) < 4.78 is 18.6. The number of aliphatic hydroxyl groups excluding tert-OH is 1. The highest BCUT2D eigenvalue weighted by atomic mass is 19.1. The predicted molar refractivity (Wildman–Crippen MR) is 107 cm³/mol. The smallest absolute Gasteiger partial charge is 0.295 e. The number of amides is 1. The number of halogens is 1. The van der Waals surface area contributed by atoms with Gasteiger partial charge in [0.15, 0.2) is 0 Å². The Morgan fingerprint density at radius 1 is 1.17 bits per heavy atom. The molecule has 1 aliphatic heterocycles. The van der Waals surface area contributed by atoms with Crippen molar-refractivity contribution in [2.45, 2.75) is 6.04 Å². The summed E-state index contributed by atoms with van der Waals surface area (Å²) in [5.74, 6) is -1.66. The van der Waals surface area contributed by atoms with E-state index in [-0.39, 0.29) is 16.9 Å². The van der Waals surface area contributed by atoms with Crippen molar-refractivity contribution in [2.24, 2.45) is 0 Å². The van der Waals surface area contributed by atoms with Crippen LogP contribution in [-0.4, -0.2) is 60.9 Å². The normalized spacial score (nSPS) is 18.5. The minimum atomic E-state index is -0.768. The van der Waals surface area contributed by atoms with E-state index in [2.05, 4.69) is 0 Å². The Balaban J connectivity index is 2.15. The Bertz CT molecular complexity index is 954. The zero-order chi connectivity index (χ0) is 21.1. The quantitative estimate of drug-likeness (QED) is 0.460. The number of rotatable bonds is 6. The number of hydrogen-bond acceptors (Lipinski definition) is 5. The molecule has 0 bridgehead atoms. The molecule has 1 fully saturated rings. The first-order valence-electron chi connectivity index (χ1n) is 9.16. The van der Waals surface area contributed by atoms with E-state index in [1.807, 2.05) is 19.0 Å². The van der Waals surface area contributed by atoms with Gasteiger partial charge in [0.1, 0.15) is 17.3 Å². The molecule has 1 unspecified atom stereocenters. The van der Waals surface area contributed by atoms with Gasteiger partial charge in [-0.25, -0.2) is 4.39 Å². The van der Waals surface area contributed by atoms with E-state index < -0.39 is 23.5 Å². The number of carbonyl (C=O) groups is 2. The fraction of sp³-hybridized carbons (Fsp3) is 0.273. The molecule has 0 spiro atoms. The molecule has 1 amide bonds. The van der Waals surface area contributed by atoms with Gasteiger partial charge in [0.25, 0.3) is 11.7 Å². The summed E-state index contributed by atoms with van der Waals surface area (Å²) in [5, 5.41) is 10.9. The van der Waals surface area contributed by atoms with Gasteiger partial charge in [-0.15, -0.1) is 0 Å². The lowest BCUT2D eigenvalue weighted by Gasteiger charge is -2.26. The predicted octanol–water partition coefficient (Wildman–Crippen LogP) is 2.82. The lowest BCUT2D eigenvalue weighted by atomic mass is 9.95. The van der Waals surface area contributed by atoms with Crippen LogP contribution in [0.1, 0.15) is 17.2 Å². The number of hydrogen-bond donors (Lipinski definition) is 1. The molecule has 6 nitrogen and oxygen atoms in total. The van der Waals surface area contributed by atoms with Gasteiger partial charge in [0.05, 0.1) is 18.7 Å². The number of ketones is 1. The van der Waals surface area contributed by atoms with Crippen molar-refractivity contribution >= 4 is 17.4 Å². The zero-order valence-corrected chi connectivity index (χ0v) is 16.6. The monoisotopic (exact) mass is 398 g/mol. The maximum absolute atomic E-state index is 13.3. The molecule has 1 heterocycles. The van der Waals surface area contributed by atoms with Crippen molar-refractivity contribution in [1.82, 2.24) is 9.80 Å². The second kappa shape index (κ2) is 8.45. The molecule has 1 saturated heterocycles. The summed E-state index contributed by atoms with van der Waals surface area (Å²) in [4.78, 5) is 29.0. The van der Waals surface area contributed by atoms with Gasteiger partial charge in [0.2, 0.25) is 0 Å². The van der Waals surface area contributed by atoms with Gasteiger partial charge < -0.3 is 19.6 Å². The Morgan fingerprint density at radius 3 is 2.48 bits per heavy atom. The Morgan fingerprint density at radius 2 is 1.86 bits per heavy atom. The van der Waals surface area contributed by atoms with Crippen molar-refractivity contribution in [3.8, 4) is 5.75 Å². The minimum absolute atomic E-state index is 0.0198. The zero-order valence-electron chi connectivity index (χ0n) is 16.6. The van der Waals surface area contributed by atoms with E-state index in [0.29, 0.717) is 24.4 Å². The number of nitrogens with zero attached hydrogens (tertiary/aromatic N) is 2. The Labute approximate surface area is 168 Å². The van der Waals surface area contributed by atoms with E-state index in [4.69, 9.17) is 4.74 Å². The fourth-order valence-corrected chi connectivity index (χ4v) is 3.34. The number of Topliss-reactive ketones (excluding diaryl/α,β-unsaturated/α-hetero) is 1. The van der Waals surface area contributed by atoms with Crippen molar-refractivity contribution in [1.29, 1.82) is 0 Å². The lowest BCUT2D eigenvalue weighted by Crippen LogP contribution is -2.35. The average molecular weight is 398 g/mol. The highest BCUT2D eigenvalue weighted by molar-refractivity contribution is 6.46. The van der Waals surface area contributed by atoms with Crippen LogP contribution in [0.4, 0.5) is 4.39 Å². The molecule has 152 valence electrons. The van der Waals surface area contributed by atoms with Crippen LogP contribution in [0, 0.1) is 5.82 Å². The van der Waals surface area contributed by atoms with E-state index in [1.165, 1.54) is 36.3 Å². The molecule has 1 N–H and O–H groups in total. The van der Waals surface area contributed by atoms with Crippen LogP contribution in [0.25, 0.3) is 5.76 Å². The Kier molecular flexibility index (Phi) is 5.98. The number of methoxy groups -OCH3 is 1. The fourth-order valence-electron chi connectivity index (χ4n) is 3.34. The first kappa shape index (κ1) is 20.5. The van der Waals surface area contributed by atoms with E-state index in [0.717, 1.165) is 0 Å². The molecular weight excluding hydrogens is 375 g/mol. The summed E-state index contributed by atoms with van der Waals surface area (Å²) in [7, 11) is 5.27. The summed E-state index contributed by atoms with van der Waals surface area (Å²) in [5.41, 5.74) is 0.893. The second-order valence-electron chi connectivity index (χ2n) is 7.08. The third-order valence-electron chi connectivity index (χ3n) is 4.86. The van der Waals surface area contributed by atoms with Crippen molar-refractivity contribution in [3.63, 3.8) is 0 Å². The molecule has 0 radical (unpaired) electrons. The van der Waals surface area contributed by atoms with Crippen molar-refractivity contribution < 1.29 is 23.8 Å². The molecule has 3 rings (SSSR count). The minimum Gasteiger partial charge on any atom is -0.507 e. The third-order valence-corrected chi connectivity index (χ3v) is 4.86. The molecule has 29 heavy (non-hydrogen) atoms. The van der Waals surface area contributed by atoms with Crippen molar-refractivity contribution in [2.75, 3.05) is 34.3 Å². The third kappa shape index (κ3) is 4.14. The van der Waals surface area contributed by atoms with Gasteiger partial charge in [0, 0.05) is 18.7 Å². The molecule has 7 heteroatoms. The lowest BCUT2D eigenvalue weighted by molar-refractivity contribution is -0.140. The maximum atomic E-state index is 13.3. The number of carbonyl (C=O) groups excluding carboxylic acids is 2. The SMILES string of the molecule is COc1cccc(C2/C(=C(\O)c3ccc(F)cc3)C(=O)C(=O)N2CCN(C)C)c1. The number of aliphatic hydroxyl groups is 1. The molecule has 0 aliphatic carbocycles. The van der Waals surface area contributed by atoms with Gasteiger partial charge in [-0.1, -0.05) is 12.1 Å². The molecule has 1 atom stereocenters. The highest BCUT2D eigenvalue weighted by Crippen LogP contribution is 2.40. The maximum Gasteiger partial charge on any atom is 0.295 e. The number of benzene rings is 2. The highest BCUT2D eigenvalue weighted by Gasteiger charge is 2.46. The van der Waals surface area contributed by atoms with Crippen LogP contribution in [0.15, 0.2) is 54.1 Å². The van der Waals surface area contributed by atoms with Crippen LogP contribution >= 0.6 is 0 Å².